The summed E-state index contributed by atoms with van der Waals surface area (Å²) in [4.78, 5) is 0. The number of hydrazine groups is 1. The number of halogens is 4. The molecular formula is C14H12BrF3N2. The van der Waals surface area contributed by atoms with E-state index in [-0.39, 0.29) is 12.0 Å². The second-order valence-electron chi connectivity index (χ2n) is 4.32. The molecule has 2 rings (SSSR count). The minimum absolute atomic E-state index is 0.227. The summed E-state index contributed by atoms with van der Waals surface area (Å²) in [6.07, 6.45) is 0.261. The minimum atomic E-state index is -0.694. The maximum atomic E-state index is 13.7. The first kappa shape index (κ1) is 15.0. The number of nitrogens with two attached hydrogens (primary N) is 1. The van der Waals surface area contributed by atoms with E-state index in [2.05, 4.69) is 21.4 Å². The SMILES string of the molecule is NNC(Cc1cc(F)ccc1Br)c1ccc(F)cc1F. The van der Waals surface area contributed by atoms with E-state index in [9.17, 15) is 13.2 Å². The van der Waals surface area contributed by atoms with Crippen molar-refractivity contribution < 1.29 is 13.2 Å². The molecule has 3 N–H and O–H groups in total. The van der Waals surface area contributed by atoms with Crippen LogP contribution in [0.5, 0.6) is 0 Å². The van der Waals surface area contributed by atoms with Gasteiger partial charge in [0.05, 0.1) is 6.04 Å². The highest BCUT2D eigenvalue weighted by Crippen LogP contribution is 2.26. The van der Waals surface area contributed by atoms with Crippen molar-refractivity contribution in [2.75, 3.05) is 0 Å². The quantitative estimate of drug-likeness (QED) is 0.656. The van der Waals surface area contributed by atoms with E-state index in [1.165, 1.54) is 18.2 Å². The molecule has 1 atom stereocenters. The average molecular weight is 345 g/mol. The van der Waals surface area contributed by atoms with Gasteiger partial charge in [-0.1, -0.05) is 22.0 Å². The van der Waals surface area contributed by atoms with Crippen molar-refractivity contribution in [2.24, 2.45) is 5.84 Å². The van der Waals surface area contributed by atoms with Crippen LogP contribution in [-0.2, 0) is 6.42 Å². The van der Waals surface area contributed by atoms with E-state index >= 15 is 0 Å². The Balaban J connectivity index is 2.31. The summed E-state index contributed by atoms with van der Waals surface area (Å²) in [6, 6.07) is 6.91. The van der Waals surface area contributed by atoms with E-state index in [0.717, 1.165) is 12.1 Å². The first-order valence-corrected chi connectivity index (χ1v) is 6.65. The van der Waals surface area contributed by atoms with E-state index in [4.69, 9.17) is 5.84 Å². The van der Waals surface area contributed by atoms with E-state index in [0.29, 0.717) is 10.0 Å². The molecule has 0 aliphatic carbocycles. The normalized spacial score (nSPS) is 12.4. The Kier molecular flexibility index (Phi) is 4.80. The lowest BCUT2D eigenvalue weighted by molar-refractivity contribution is 0.501. The number of hydrogen-bond acceptors (Lipinski definition) is 2. The summed E-state index contributed by atoms with van der Waals surface area (Å²) in [7, 11) is 0. The standard InChI is InChI=1S/C14H12BrF3N2/c15-12-4-2-9(16)5-8(12)6-14(20-19)11-3-1-10(17)7-13(11)18/h1-5,7,14,20H,6,19H2. The number of rotatable bonds is 4. The molecule has 106 valence electrons. The van der Waals surface area contributed by atoms with Gasteiger partial charge in [0.2, 0.25) is 0 Å². The summed E-state index contributed by atoms with van der Waals surface area (Å²) in [5.41, 5.74) is 3.33. The fourth-order valence-electron chi connectivity index (χ4n) is 1.96. The molecule has 0 aliphatic heterocycles. The zero-order valence-electron chi connectivity index (χ0n) is 10.3. The van der Waals surface area contributed by atoms with Gasteiger partial charge in [0.25, 0.3) is 0 Å². The lowest BCUT2D eigenvalue weighted by Crippen LogP contribution is -2.30. The molecular weight excluding hydrogens is 333 g/mol. The van der Waals surface area contributed by atoms with Crippen molar-refractivity contribution in [1.82, 2.24) is 5.43 Å². The predicted octanol–water partition coefficient (Wildman–Crippen LogP) is 3.61. The summed E-state index contributed by atoms with van der Waals surface area (Å²) >= 11 is 3.30. The monoisotopic (exact) mass is 344 g/mol. The molecule has 0 radical (unpaired) electrons. The fourth-order valence-corrected chi connectivity index (χ4v) is 2.37. The largest absolute Gasteiger partial charge is 0.271 e. The van der Waals surface area contributed by atoms with Gasteiger partial charge in [-0.05, 0) is 36.2 Å². The lowest BCUT2D eigenvalue weighted by Gasteiger charge is -2.18. The molecule has 0 spiro atoms. The van der Waals surface area contributed by atoms with E-state index in [1.807, 2.05) is 0 Å². The highest BCUT2D eigenvalue weighted by Gasteiger charge is 2.17. The van der Waals surface area contributed by atoms with Gasteiger partial charge in [-0.25, -0.2) is 13.2 Å². The third-order valence-corrected chi connectivity index (χ3v) is 3.74. The van der Waals surface area contributed by atoms with Gasteiger partial charge in [-0.15, -0.1) is 0 Å². The van der Waals surface area contributed by atoms with Gasteiger partial charge in [-0.3, -0.25) is 11.3 Å². The van der Waals surface area contributed by atoms with Crippen LogP contribution < -0.4 is 11.3 Å². The lowest BCUT2D eigenvalue weighted by atomic mass is 9.99. The van der Waals surface area contributed by atoms with Crippen LogP contribution in [0.4, 0.5) is 13.2 Å². The fraction of sp³-hybridized carbons (Fsp3) is 0.143. The molecule has 6 heteroatoms. The summed E-state index contributed by atoms with van der Waals surface area (Å²) in [6.45, 7) is 0. The molecule has 0 saturated carbocycles. The molecule has 2 aromatic rings. The second kappa shape index (κ2) is 6.39. The Morgan fingerprint density at radius 1 is 1.05 bits per heavy atom. The Labute approximate surface area is 122 Å². The third kappa shape index (κ3) is 3.39. The van der Waals surface area contributed by atoms with Crippen molar-refractivity contribution in [1.29, 1.82) is 0 Å². The molecule has 0 fully saturated rings. The minimum Gasteiger partial charge on any atom is -0.271 e. The van der Waals surface area contributed by atoms with Crippen molar-refractivity contribution in [2.45, 2.75) is 12.5 Å². The van der Waals surface area contributed by atoms with E-state index in [1.54, 1.807) is 6.07 Å². The third-order valence-electron chi connectivity index (χ3n) is 2.97. The number of benzene rings is 2. The summed E-state index contributed by atoms with van der Waals surface area (Å²) in [5, 5.41) is 0. The summed E-state index contributed by atoms with van der Waals surface area (Å²) in [5.74, 6) is 3.69. The van der Waals surface area contributed by atoms with Crippen LogP contribution in [0.25, 0.3) is 0 Å². The Morgan fingerprint density at radius 3 is 2.35 bits per heavy atom. The maximum absolute atomic E-state index is 13.7. The van der Waals surface area contributed by atoms with Crippen LogP contribution in [0, 0.1) is 17.5 Å². The van der Waals surface area contributed by atoms with Crippen LogP contribution in [-0.4, -0.2) is 0 Å². The molecule has 20 heavy (non-hydrogen) atoms. The number of hydrogen-bond donors (Lipinski definition) is 2. The molecule has 0 heterocycles. The van der Waals surface area contributed by atoms with Gasteiger partial charge in [0, 0.05) is 16.1 Å². The van der Waals surface area contributed by atoms with Gasteiger partial charge >= 0.3 is 0 Å². The van der Waals surface area contributed by atoms with Gasteiger partial charge in [0.15, 0.2) is 0 Å². The molecule has 0 aliphatic rings. The van der Waals surface area contributed by atoms with Crippen LogP contribution in [0.15, 0.2) is 40.9 Å². The molecule has 2 aromatic carbocycles. The second-order valence-corrected chi connectivity index (χ2v) is 5.18. The van der Waals surface area contributed by atoms with Crippen LogP contribution in [0.2, 0.25) is 0 Å². The number of nitrogens with one attached hydrogen (secondary N) is 1. The first-order chi connectivity index (χ1) is 9.51. The van der Waals surface area contributed by atoms with Crippen molar-refractivity contribution in [3.63, 3.8) is 0 Å². The Bertz CT molecular complexity index is 619. The molecule has 0 amide bonds. The first-order valence-electron chi connectivity index (χ1n) is 5.86. The molecule has 0 aromatic heterocycles. The van der Waals surface area contributed by atoms with Crippen LogP contribution in [0.3, 0.4) is 0 Å². The molecule has 1 unspecified atom stereocenters. The average Bonchev–Trinajstić information content (AvgIpc) is 2.40. The van der Waals surface area contributed by atoms with Crippen LogP contribution >= 0.6 is 15.9 Å². The zero-order chi connectivity index (χ0) is 14.7. The van der Waals surface area contributed by atoms with Crippen molar-refractivity contribution in [3.05, 3.63) is 69.4 Å². The molecule has 2 nitrogen and oxygen atoms in total. The van der Waals surface area contributed by atoms with Crippen LogP contribution in [0.1, 0.15) is 17.2 Å². The zero-order valence-corrected chi connectivity index (χ0v) is 11.9. The molecule has 0 bridgehead atoms. The highest BCUT2D eigenvalue weighted by molar-refractivity contribution is 9.10. The predicted molar refractivity (Wildman–Crippen MR) is 74.2 cm³/mol. The van der Waals surface area contributed by atoms with Gasteiger partial charge < -0.3 is 0 Å². The molecule has 0 saturated heterocycles. The van der Waals surface area contributed by atoms with Gasteiger partial charge in [0.1, 0.15) is 17.5 Å². The van der Waals surface area contributed by atoms with Crippen molar-refractivity contribution in [3.8, 4) is 0 Å². The maximum Gasteiger partial charge on any atom is 0.130 e. The van der Waals surface area contributed by atoms with Crippen molar-refractivity contribution >= 4 is 15.9 Å². The Morgan fingerprint density at radius 2 is 1.70 bits per heavy atom. The summed E-state index contributed by atoms with van der Waals surface area (Å²) < 4.78 is 40.6. The smallest absolute Gasteiger partial charge is 0.130 e. The van der Waals surface area contributed by atoms with E-state index < -0.39 is 23.5 Å². The van der Waals surface area contributed by atoms with Gasteiger partial charge in [-0.2, -0.15) is 0 Å². The highest BCUT2D eigenvalue weighted by atomic mass is 79.9. The topological polar surface area (TPSA) is 38.0 Å². The Hall–Kier alpha value is -1.37.